The summed E-state index contributed by atoms with van der Waals surface area (Å²) in [5, 5.41) is 13.7. The first-order chi connectivity index (χ1) is 7.77. The van der Waals surface area contributed by atoms with Gasteiger partial charge in [0, 0.05) is 17.6 Å². The summed E-state index contributed by atoms with van der Waals surface area (Å²) in [4.78, 5) is 1.12. The van der Waals surface area contributed by atoms with Crippen molar-refractivity contribution in [3.63, 3.8) is 0 Å². The molecule has 6 heteroatoms. The van der Waals surface area contributed by atoms with Crippen molar-refractivity contribution in [1.29, 1.82) is 0 Å². The summed E-state index contributed by atoms with van der Waals surface area (Å²) in [5.41, 5.74) is 0. The quantitative estimate of drug-likeness (QED) is 0.943. The van der Waals surface area contributed by atoms with Crippen LogP contribution < -0.4 is 5.32 Å². The maximum Gasteiger partial charge on any atom is 0.224 e. The molecule has 2 aromatic heterocycles. The molecule has 0 bridgehead atoms. The van der Waals surface area contributed by atoms with Crippen molar-refractivity contribution in [2.45, 2.75) is 20.4 Å². The molecule has 16 heavy (non-hydrogen) atoms. The maximum absolute atomic E-state index is 4.24. The van der Waals surface area contributed by atoms with Gasteiger partial charge in [0.05, 0.1) is 4.88 Å². The van der Waals surface area contributed by atoms with Crippen LogP contribution in [0.5, 0.6) is 0 Å². The maximum atomic E-state index is 4.24. The topological polar surface area (TPSA) is 42.7 Å². The van der Waals surface area contributed by atoms with Crippen molar-refractivity contribution in [2.75, 3.05) is 11.9 Å². The molecular weight excluding hydrogens is 288 g/mol. The molecule has 0 radical (unpaired) electrons. The highest BCUT2D eigenvalue weighted by atomic mass is 79.9. The minimum atomic E-state index is 0.834. The summed E-state index contributed by atoms with van der Waals surface area (Å²) in [6, 6.07) is 2.03. The van der Waals surface area contributed by atoms with Gasteiger partial charge in [-0.3, -0.25) is 4.57 Å². The number of anilines is 1. The zero-order valence-corrected chi connectivity index (χ0v) is 11.6. The van der Waals surface area contributed by atoms with E-state index in [4.69, 9.17) is 0 Å². The fourth-order valence-corrected chi connectivity index (χ4v) is 3.05. The van der Waals surface area contributed by atoms with Crippen LogP contribution in [0, 0.1) is 0 Å². The standard InChI is InChI=1S/C10H13BrN4S/c1-3-12-10-14-13-9(15(10)4-2)8-7(11)5-6-16-8/h5-6H,3-4H2,1-2H3,(H,12,14). The number of hydrogen-bond donors (Lipinski definition) is 1. The first-order valence-corrected chi connectivity index (χ1v) is 6.85. The lowest BCUT2D eigenvalue weighted by atomic mass is 10.4. The van der Waals surface area contributed by atoms with Crippen LogP contribution in [0.25, 0.3) is 10.7 Å². The molecule has 2 heterocycles. The second-order valence-electron chi connectivity index (χ2n) is 3.22. The summed E-state index contributed by atoms with van der Waals surface area (Å²) in [6.45, 7) is 5.85. The van der Waals surface area contributed by atoms with Gasteiger partial charge in [0.1, 0.15) is 0 Å². The predicted octanol–water partition coefficient (Wildman–Crippen LogP) is 3.22. The van der Waals surface area contributed by atoms with E-state index in [1.165, 1.54) is 0 Å². The number of nitrogens with zero attached hydrogens (tertiary/aromatic N) is 3. The van der Waals surface area contributed by atoms with E-state index in [2.05, 4.69) is 49.9 Å². The lowest BCUT2D eigenvalue weighted by Crippen LogP contribution is -2.06. The molecule has 0 saturated heterocycles. The summed E-state index contributed by atoms with van der Waals surface area (Å²) >= 11 is 5.19. The zero-order chi connectivity index (χ0) is 11.5. The Hall–Kier alpha value is -0.880. The molecule has 4 nitrogen and oxygen atoms in total. The zero-order valence-electron chi connectivity index (χ0n) is 9.20. The fourth-order valence-electron chi connectivity index (χ4n) is 1.51. The molecule has 0 unspecified atom stereocenters. The van der Waals surface area contributed by atoms with E-state index >= 15 is 0 Å². The molecule has 0 aliphatic carbocycles. The van der Waals surface area contributed by atoms with E-state index in [-0.39, 0.29) is 0 Å². The van der Waals surface area contributed by atoms with E-state index in [0.29, 0.717) is 0 Å². The first-order valence-electron chi connectivity index (χ1n) is 5.18. The van der Waals surface area contributed by atoms with Gasteiger partial charge < -0.3 is 5.32 Å². The molecule has 2 aromatic rings. The van der Waals surface area contributed by atoms with Crippen molar-refractivity contribution in [3.05, 3.63) is 15.9 Å². The number of hydrogen-bond acceptors (Lipinski definition) is 4. The minimum Gasteiger partial charge on any atom is -0.355 e. The third kappa shape index (κ3) is 1.99. The number of halogens is 1. The average molecular weight is 301 g/mol. The molecule has 0 amide bonds. The number of nitrogens with one attached hydrogen (secondary N) is 1. The Bertz CT molecular complexity index is 477. The molecule has 0 fully saturated rings. The smallest absolute Gasteiger partial charge is 0.224 e. The average Bonchev–Trinajstić information content (AvgIpc) is 2.84. The molecule has 0 saturated carbocycles. The van der Waals surface area contributed by atoms with Gasteiger partial charge >= 0.3 is 0 Å². The lowest BCUT2D eigenvalue weighted by molar-refractivity contribution is 0.771. The van der Waals surface area contributed by atoms with Gasteiger partial charge in [0.2, 0.25) is 5.95 Å². The van der Waals surface area contributed by atoms with Gasteiger partial charge in [-0.2, -0.15) is 0 Å². The fraction of sp³-hybridized carbons (Fsp3) is 0.400. The van der Waals surface area contributed by atoms with Crippen molar-refractivity contribution in [2.24, 2.45) is 0 Å². The lowest BCUT2D eigenvalue weighted by Gasteiger charge is -2.06. The minimum absolute atomic E-state index is 0.834. The highest BCUT2D eigenvalue weighted by Crippen LogP contribution is 2.33. The SMILES string of the molecule is CCNc1nnc(-c2sccc2Br)n1CC. The third-order valence-corrected chi connectivity index (χ3v) is 4.06. The normalized spacial score (nSPS) is 10.7. The largest absolute Gasteiger partial charge is 0.355 e. The Morgan fingerprint density at radius 3 is 2.81 bits per heavy atom. The van der Waals surface area contributed by atoms with Crippen molar-refractivity contribution in [3.8, 4) is 10.7 Å². The van der Waals surface area contributed by atoms with Crippen LogP contribution in [0.3, 0.4) is 0 Å². The summed E-state index contributed by atoms with van der Waals surface area (Å²) < 4.78 is 3.16. The molecule has 1 N–H and O–H groups in total. The van der Waals surface area contributed by atoms with Gasteiger partial charge in [-0.05, 0) is 41.2 Å². The second kappa shape index (κ2) is 4.97. The second-order valence-corrected chi connectivity index (χ2v) is 4.99. The summed E-state index contributed by atoms with van der Waals surface area (Å²) in [7, 11) is 0. The Morgan fingerprint density at radius 1 is 1.44 bits per heavy atom. The number of rotatable bonds is 4. The predicted molar refractivity (Wildman–Crippen MR) is 70.9 cm³/mol. The van der Waals surface area contributed by atoms with E-state index in [9.17, 15) is 0 Å². The van der Waals surface area contributed by atoms with Crippen LogP contribution in [-0.2, 0) is 6.54 Å². The van der Waals surface area contributed by atoms with E-state index in [1.54, 1.807) is 11.3 Å². The Balaban J connectivity index is 2.46. The first kappa shape index (κ1) is 11.6. The Morgan fingerprint density at radius 2 is 2.25 bits per heavy atom. The summed E-state index contributed by atoms with van der Waals surface area (Å²) in [5.74, 6) is 1.75. The van der Waals surface area contributed by atoms with E-state index < -0.39 is 0 Å². The molecule has 0 aliphatic heterocycles. The molecular formula is C10H13BrN4S. The van der Waals surface area contributed by atoms with Crippen molar-refractivity contribution in [1.82, 2.24) is 14.8 Å². The molecule has 0 atom stereocenters. The molecule has 86 valence electrons. The van der Waals surface area contributed by atoms with Crippen LogP contribution >= 0.6 is 27.3 Å². The Labute approximate surface area is 107 Å². The monoisotopic (exact) mass is 300 g/mol. The number of thiophene rings is 1. The third-order valence-electron chi connectivity index (χ3n) is 2.22. The molecule has 2 rings (SSSR count). The van der Waals surface area contributed by atoms with Crippen molar-refractivity contribution >= 4 is 33.2 Å². The molecule has 0 spiro atoms. The number of aromatic nitrogens is 3. The van der Waals surface area contributed by atoms with Crippen LogP contribution in [-0.4, -0.2) is 21.3 Å². The molecule has 0 aromatic carbocycles. The van der Waals surface area contributed by atoms with E-state index in [1.807, 2.05) is 11.4 Å². The van der Waals surface area contributed by atoms with Crippen LogP contribution in [0.2, 0.25) is 0 Å². The highest BCUT2D eigenvalue weighted by molar-refractivity contribution is 9.10. The highest BCUT2D eigenvalue weighted by Gasteiger charge is 2.15. The molecule has 0 aliphatic rings. The van der Waals surface area contributed by atoms with Crippen LogP contribution in [0.1, 0.15) is 13.8 Å². The van der Waals surface area contributed by atoms with Crippen LogP contribution in [0.15, 0.2) is 15.9 Å². The van der Waals surface area contributed by atoms with Crippen LogP contribution in [0.4, 0.5) is 5.95 Å². The van der Waals surface area contributed by atoms with Gasteiger partial charge in [-0.15, -0.1) is 21.5 Å². The van der Waals surface area contributed by atoms with Gasteiger partial charge in [0.25, 0.3) is 0 Å². The van der Waals surface area contributed by atoms with E-state index in [0.717, 1.165) is 34.2 Å². The van der Waals surface area contributed by atoms with Gasteiger partial charge in [-0.25, -0.2) is 0 Å². The Kier molecular flexibility index (Phi) is 3.60. The van der Waals surface area contributed by atoms with Gasteiger partial charge in [-0.1, -0.05) is 0 Å². The van der Waals surface area contributed by atoms with Crippen molar-refractivity contribution < 1.29 is 0 Å². The summed E-state index contributed by atoms with van der Waals surface area (Å²) in [6.07, 6.45) is 0. The van der Waals surface area contributed by atoms with Gasteiger partial charge in [0.15, 0.2) is 5.82 Å².